The third-order valence-corrected chi connectivity index (χ3v) is 4.69. The molecule has 1 aromatic heterocycles. The van der Waals surface area contributed by atoms with E-state index in [0.717, 1.165) is 23.5 Å². The molecule has 1 aliphatic rings. The van der Waals surface area contributed by atoms with E-state index in [1.807, 2.05) is 6.92 Å². The second-order valence-corrected chi connectivity index (χ2v) is 5.70. The van der Waals surface area contributed by atoms with Crippen molar-refractivity contribution in [2.45, 2.75) is 39.7 Å². The van der Waals surface area contributed by atoms with Crippen LogP contribution in [-0.2, 0) is 0 Å². The molecular weight excluding hydrogens is 260 g/mol. The van der Waals surface area contributed by atoms with E-state index in [0.29, 0.717) is 11.2 Å². The second kappa shape index (κ2) is 6.06. The number of likely N-dealkylation sites (tertiary alicyclic amines) is 1. The van der Waals surface area contributed by atoms with Gasteiger partial charge in [-0.05, 0) is 44.4 Å². The normalized spacial score (nSPS) is 17.7. The lowest BCUT2D eigenvalue weighted by molar-refractivity contribution is 0.220. The fourth-order valence-corrected chi connectivity index (χ4v) is 2.87. The number of piperidine rings is 1. The van der Waals surface area contributed by atoms with Crippen LogP contribution in [0.5, 0.6) is 0 Å². The van der Waals surface area contributed by atoms with Gasteiger partial charge in [-0.2, -0.15) is 0 Å². The van der Waals surface area contributed by atoms with Gasteiger partial charge in [0.2, 0.25) is 0 Å². The Morgan fingerprint density at radius 3 is 2.42 bits per heavy atom. The fourth-order valence-electron chi connectivity index (χ4n) is 2.69. The molecule has 0 radical (unpaired) electrons. The number of nitrogens with zero attached hydrogens (tertiary/aromatic N) is 4. The molecule has 0 aliphatic carbocycles. The van der Waals surface area contributed by atoms with Crippen LogP contribution < -0.4 is 4.90 Å². The van der Waals surface area contributed by atoms with Crippen LogP contribution >= 0.6 is 11.6 Å². The van der Waals surface area contributed by atoms with Gasteiger partial charge in [0, 0.05) is 26.2 Å². The van der Waals surface area contributed by atoms with Gasteiger partial charge in [-0.25, -0.2) is 0 Å². The molecule has 0 atom stereocenters. The SMILES string of the molecule is CCN1CCC(N(C)c2nnc(Cl)c(C)c2C)CC1. The summed E-state index contributed by atoms with van der Waals surface area (Å²) in [6.45, 7) is 9.79. The van der Waals surface area contributed by atoms with E-state index in [-0.39, 0.29) is 0 Å². The minimum Gasteiger partial charge on any atom is -0.355 e. The smallest absolute Gasteiger partial charge is 0.155 e. The average molecular weight is 283 g/mol. The Kier molecular flexibility index (Phi) is 4.63. The van der Waals surface area contributed by atoms with Gasteiger partial charge in [0.05, 0.1) is 0 Å². The van der Waals surface area contributed by atoms with Crippen molar-refractivity contribution in [1.29, 1.82) is 0 Å². The first-order chi connectivity index (χ1) is 9.04. The van der Waals surface area contributed by atoms with Crippen molar-refractivity contribution in [1.82, 2.24) is 15.1 Å². The summed E-state index contributed by atoms with van der Waals surface area (Å²) in [5, 5.41) is 8.84. The van der Waals surface area contributed by atoms with Gasteiger partial charge in [0.15, 0.2) is 11.0 Å². The summed E-state index contributed by atoms with van der Waals surface area (Å²) < 4.78 is 0. The molecule has 4 nitrogen and oxygen atoms in total. The van der Waals surface area contributed by atoms with Crippen molar-refractivity contribution in [3.63, 3.8) is 0 Å². The Morgan fingerprint density at radius 1 is 1.21 bits per heavy atom. The summed E-state index contributed by atoms with van der Waals surface area (Å²) in [5.41, 5.74) is 2.17. The number of halogens is 1. The van der Waals surface area contributed by atoms with Gasteiger partial charge in [-0.15, -0.1) is 10.2 Å². The Morgan fingerprint density at radius 2 is 1.84 bits per heavy atom. The van der Waals surface area contributed by atoms with Crippen LogP contribution in [0.3, 0.4) is 0 Å². The van der Waals surface area contributed by atoms with Crippen LogP contribution in [-0.4, -0.2) is 47.8 Å². The Bertz CT molecular complexity index is 441. The molecule has 0 aromatic carbocycles. The maximum absolute atomic E-state index is 6.02. The van der Waals surface area contributed by atoms with Gasteiger partial charge in [-0.3, -0.25) is 0 Å². The first-order valence-corrected chi connectivity index (χ1v) is 7.37. The standard InChI is InChI=1S/C14H23ClN4/c1-5-19-8-6-12(7-9-19)18(4)14-11(3)10(2)13(15)16-17-14/h12H,5-9H2,1-4H3. The zero-order valence-electron chi connectivity index (χ0n) is 12.3. The van der Waals surface area contributed by atoms with E-state index in [4.69, 9.17) is 11.6 Å². The highest BCUT2D eigenvalue weighted by Crippen LogP contribution is 2.26. The van der Waals surface area contributed by atoms with Crippen molar-refractivity contribution in [2.24, 2.45) is 0 Å². The predicted octanol–water partition coefficient (Wildman–Crippen LogP) is 2.67. The summed E-state index contributed by atoms with van der Waals surface area (Å²) in [4.78, 5) is 4.77. The molecule has 106 valence electrons. The highest BCUT2D eigenvalue weighted by atomic mass is 35.5. The van der Waals surface area contributed by atoms with Gasteiger partial charge >= 0.3 is 0 Å². The van der Waals surface area contributed by atoms with Crippen molar-refractivity contribution >= 4 is 17.4 Å². The summed E-state index contributed by atoms with van der Waals surface area (Å²) >= 11 is 6.02. The third kappa shape index (κ3) is 3.00. The van der Waals surface area contributed by atoms with Crippen molar-refractivity contribution in [3.05, 3.63) is 16.3 Å². The Balaban J connectivity index is 2.12. The Labute approximate surface area is 120 Å². The molecule has 1 fully saturated rings. The number of hydrogen-bond acceptors (Lipinski definition) is 4. The minimum atomic E-state index is 0.510. The Hall–Kier alpha value is -0.870. The van der Waals surface area contributed by atoms with Gasteiger partial charge in [-0.1, -0.05) is 18.5 Å². The van der Waals surface area contributed by atoms with Gasteiger partial charge in [0.1, 0.15) is 0 Å². The quantitative estimate of drug-likeness (QED) is 0.853. The molecule has 2 heterocycles. The van der Waals surface area contributed by atoms with Crippen LogP contribution in [0.1, 0.15) is 30.9 Å². The monoisotopic (exact) mass is 282 g/mol. The van der Waals surface area contributed by atoms with Gasteiger partial charge < -0.3 is 9.80 Å². The van der Waals surface area contributed by atoms with Crippen molar-refractivity contribution in [2.75, 3.05) is 31.6 Å². The molecule has 0 N–H and O–H groups in total. The maximum Gasteiger partial charge on any atom is 0.155 e. The zero-order chi connectivity index (χ0) is 14.0. The largest absolute Gasteiger partial charge is 0.355 e. The number of rotatable bonds is 3. The third-order valence-electron chi connectivity index (χ3n) is 4.33. The molecule has 1 aliphatic heterocycles. The lowest BCUT2D eigenvalue weighted by Gasteiger charge is -2.37. The first kappa shape index (κ1) is 14.5. The second-order valence-electron chi connectivity index (χ2n) is 5.34. The number of hydrogen-bond donors (Lipinski definition) is 0. The molecular formula is C14H23ClN4. The van der Waals surface area contributed by atoms with Crippen LogP contribution in [0, 0.1) is 13.8 Å². The zero-order valence-corrected chi connectivity index (χ0v) is 13.0. The highest BCUT2D eigenvalue weighted by Gasteiger charge is 2.24. The van der Waals surface area contributed by atoms with Crippen molar-refractivity contribution < 1.29 is 0 Å². The van der Waals surface area contributed by atoms with E-state index >= 15 is 0 Å². The lowest BCUT2D eigenvalue weighted by atomic mass is 10.0. The molecule has 0 unspecified atom stereocenters. The maximum atomic E-state index is 6.02. The van der Waals surface area contributed by atoms with E-state index in [2.05, 4.69) is 40.9 Å². The highest BCUT2D eigenvalue weighted by molar-refractivity contribution is 6.30. The van der Waals surface area contributed by atoms with Crippen LogP contribution in [0.2, 0.25) is 5.15 Å². The average Bonchev–Trinajstić information content (AvgIpc) is 2.44. The molecule has 0 spiro atoms. The summed E-state index contributed by atoms with van der Waals surface area (Å²) in [6.07, 6.45) is 2.38. The molecule has 19 heavy (non-hydrogen) atoms. The topological polar surface area (TPSA) is 32.3 Å². The molecule has 1 saturated heterocycles. The molecule has 1 aromatic rings. The molecule has 0 amide bonds. The predicted molar refractivity (Wildman–Crippen MR) is 80.1 cm³/mol. The van der Waals surface area contributed by atoms with E-state index < -0.39 is 0 Å². The summed E-state index contributed by atoms with van der Waals surface area (Å²) in [7, 11) is 2.12. The van der Waals surface area contributed by atoms with E-state index in [1.165, 1.54) is 25.9 Å². The molecule has 0 saturated carbocycles. The molecule has 5 heteroatoms. The van der Waals surface area contributed by atoms with Gasteiger partial charge in [0.25, 0.3) is 0 Å². The van der Waals surface area contributed by atoms with Crippen LogP contribution in [0.15, 0.2) is 0 Å². The van der Waals surface area contributed by atoms with E-state index in [1.54, 1.807) is 0 Å². The van der Waals surface area contributed by atoms with Crippen LogP contribution in [0.25, 0.3) is 0 Å². The number of aromatic nitrogens is 2. The fraction of sp³-hybridized carbons (Fsp3) is 0.714. The summed E-state index contributed by atoms with van der Waals surface area (Å²) in [6, 6.07) is 0.552. The first-order valence-electron chi connectivity index (χ1n) is 6.99. The van der Waals surface area contributed by atoms with E-state index in [9.17, 15) is 0 Å². The van der Waals surface area contributed by atoms with Crippen molar-refractivity contribution in [3.8, 4) is 0 Å². The number of anilines is 1. The van der Waals surface area contributed by atoms with Crippen LogP contribution in [0.4, 0.5) is 5.82 Å². The molecule has 0 bridgehead atoms. The summed E-state index contributed by atoms with van der Waals surface area (Å²) in [5.74, 6) is 0.969. The minimum absolute atomic E-state index is 0.510. The molecule has 2 rings (SSSR count). The lowest BCUT2D eigenvalue weighted by Crippen LogP contribution is -2.43.